The van der Waals surface area contributed by atoms with Gasteiger partial charge in [-0.2, -0.15) is 0 Å². The number of thiazole rings is 1. The molecule has 0 fully saturated rings. The first-order valence-electron chi connectivity index (χ1n) is 6.06. The lowest BCUT2D eigenvalue weighted by atomic mass is 10.3. The van der Waals surface area contributed by atoms with Gasteiger partial charge in [-0.25, -0.2) is 4.98 Å². The number of aromatic nitrogens is 1. The van der Waals surface area contributed by atoms with Gasteiger partial charge in [0.25, 0.3) is 0 Å². The molecule has 1 aromatic carbocycles. The Kier molecular flexibility index (Phi) is 5.45. The van der Waals surface area contributed by atoms with Crippen LogP contribution in [0.5, 0.6) is 0 Å². The third kappa shape index (κ3) is 4.35. The van der Waals surface area contributed by atoms with Gasteiger partial charge < -0.3 is 10.6 Å². The molecule has 2 rings (SSSR count). The van der Waals surface area contributed by atoms with Crippen molar-refractivity contribution in [2.45, 2.75) is 13.3 Å². The van der Waals surface area contributed by atoms with Crippen molar-refractivity contribution >= 4 is 45.4 Å². The Hall–Kier alpha value is -0.810. The van der Waals surface area contributed by atoms with Gasteiger partial charge in [-0.15, -0.1) is 11.3 Å². The van der Waals surface area contributed by atoms with Crippen molar-refractivity contribution < 1.29 is 0 Å². The molecule has 0 atom stereocenters. The number of hydrogen-bond acceptors (Lipinski definition) is 4. The van der Waals surface area contributed by atoms with Gasteiger partial charge in [0.1, 0.15) is 0 Å². The van der Waals surface area contributed by atoms with E-state index < -0.39 is 0 Å². The first-order valence-corrected chi connectivity index (χ1v) is 7.70. The van der Waals surface area contributed by atoms with Crippen molar-refractivity contribution in [1.29, 1.82) is 0 Å². The van der Waals surface area contributed by atoms with Gasteiger partial charge in [0.15, 0.2) is 5.13 Å². The maximum Gasteiger partial charge on any atom is 0.187 e. The highest BCUT2D eigenvalue weighted by molar-refractivity contribution is 7.13. The average Bonchev–Trinajstić information content (AvgIpc) is 2.81. The molecule has 0 saturated heterocycles. The minimum atomic E-state index is 0.594. The second-order valence-corrected chi connectivity index (χ2v) is 5.70. The molecule has 102 valence electrons. The molecule has 2 N–H and O–H groups in total. The molecule has 1 aromatic heterocycles. The zero-order valence-electron chi connectivity index (χ0n) is 10.5. The summed E-state index contributed by atoms with van der Waals surface area (Å²) in [6.07, 6.45) is 0.931. The Morgan fingerprint density at radius 2 is 2.16 bits per heavy atom. The zero-order valence-corrected chi connectivity index (χ0v) is 12.9. The maximum atomic E-state index is 6.11. The van der Waals surface area contributed by atoms with Crippen molar-refractivity contribution in [3.63, 3.8) is 0 Å². The lowest BCUT2D eigenvalue weighted by molar-refractivity contribution is 0.710. The maximum absolute atomic E-state index is 6.11. The van der Waals surface area contributed by atoms with Crippen molar-refractivity contribution in [2.75, 3.05) is 18.4 Å². The fourth-order valence-electron chi connectivity index (χ4n) is 1.58. The van der Waals surface area contributed by atoms with Crippen molar-refractivity contribution in [2.24, 2.45) is 0 Å². The summed E-state index contributed by atoms with van der Waals surface area (Å²) in [5.41, 5.74) is 1.90. The molecule has 0 spiro atoms. The summed E-state index contributed by atoms with van der Waals surface area (Å²) in [7, 11) is 0. The molecule has 2 aromatic rings. The molecular formula is C13H15Cl2N3S. The number of nitrogens with zero attached hydrogens (tertiary/aromatic N) is 1. The van der Waals surface area contributed by atoms with E-state index in [4.69, 9.17) is 23.2 Å². The third-order valence-corrected chi connectivity index (χ3v) is 3.89. The second kappa shape index (κ2) is 7.10. The van der Waals surface area contributed by atoms with E-state index in [1.165, 1.54) is 0 Å². The van der Waals surface area contributed by atoms with E-state index in [2.05, 4.69) is 27.9 Å². The highest BCUT2D eigenvalue weighted by atomic mass is 35.5. The summed E-state index contributed by atoms with van der Waals surface area (Å²) in [5.74, 6) is 0. The molecule has 0 aliphatic rings. The number of nitrogens with one attached hydrogen (secondary N) is 2. The molecule has 0 unspecified atom stereocenters. The van der Waals surface area contributed by atoms with Crippen molar-refractivity contribution in [3.05, 3.63) is 39.3 Å². The van der Waals surface area contributed by atoms with Crippen LogP contribution in [-0.2, 0) is 6.42 Å². The summed E-state index contributed by atoms with van der Waals surface area (Å²) >= 11 is 13.5. The number of benzene rings is 1. The molecule has 0 aliphatic heterocycles. The van der Waals surface area contributed by atoms with E-state index in [0.29, 0.717) is 10.0 Å². The Bertz CT molecular complexity index is 542. The first-order chi connectivity index (χ1) is 9.19. The monoisotopic (exact) mass is 315 g/mol. The summed E-state index contributed by atoms with van der Waals surface area (Å²) in [5, 5.41) is 10.6. The molecule has 0 aliphatic carbocycles. The summed E-state index contributed by atoms with van der Waals surface area (Å²) in [6, 6.07) is 5.37. The molecule has 1 heterocycles. The fourth-order valence-corrected chi connectivity index (χ4v) is 2.79. The highest BCUT2D eigenvalue weighted by Crippen LogP contribution is 2.29. The van der Waals surface area contributed by atoms with E-state index in [-0.39, 0.29) is 0 Å². The molecule has 0 bridgehead atoms. The van der Waals surface area contributed by atoms with Crippen LogP contribution in [0.3, 0.4) is 0 Å². The van der Waals surface area contributed by atoms with Gasteiger partial charge in [0, 0.05) is 23.4 Å². The van der Waals surface area contributed by atoms with Gasteiger partial charge in [-0.3, -0.25) is 0 Å². The van der Waals surface area contributed by atoms with Crippen LogP contribution >= 0.6 is 34.5 Å². The molecule has 19 heavy (non-hydrogen) atoms. The molecule has 0 saturated carbocycles. The van der Waals surface area contributed by atoms with Gasteiger partial charge in [-0.05, 0) is 24.7 Å². The molecule has 0 radical (unpaired) electrons. The van der Waals surface area contributed by atoms with Crippen molar-refractivity contribution in [3.8, 4) is 0 Å². The van der Waals surface area contributed by atoms with Gasteiger partial charge in [0.05, 0.1) is 16.4 Å². The molecular weight excluding hydrogens is 301 g/mol. The van der Waals surface area contributed by atoms with Crippen LogP contribution in [0, 0.1) is 0 Å². The van der Waals surface area contributed by atoms with E-state index in [0.717, 1.165) is 36.0 Å². The van der Waals surface area contributed by atoms with E-state index in [1.54, 1.807) is 23.5 Å². The van der Waals surface area contributed by atoms with Crippen LogP contribution in [0.4, 0.5) is 10.8 Å². The third-order valence-electron chi connectivity index (χ3n) is 2.53. The zero-order chi connectivity index (χ0) is 13.7. The van der Waals surface area contributed by atoms with E-state index in [9.17, 15) is 0 Å². The van der Waals surface area contributed by atoms with E-state index >= 15 is 0 Å². The second-order valence-electron chi connectivity index (χ2n) is 4.00. The van der Waals surface area contributed by atoms with Crippen LogP contribution < -0.4 is 10.6 Å². The van der Waals surface area contributed by atoms with Gasteiger partial charge in [-0.1, -0.05) is 30.1 Å². The Morgan fingerprint density at radius 1 is 1.32 bits per heavy atom. The number of rotatable bonds is 6. The summed E-state index contributed by atoms with van der Waals surface area (Å²) in [6.45, 7) is 4.02. The first kappa shape index (κ1) is 14.6. The van der Waals surface area contributed by atoms with Crippen LogP contribution in [0.25, 0.3) is 0 Å². The highest BCUT2D eigenvalue weighted by Gasteiger charge is 2.05. The standard InChI is InChI=1S/C13H15Cl2N3S/c1-2-16-6-5-10-8-19-13(17-10)18-12-4-3-9(14)7-11(12)15/h3-4,7-8,16H,2,5-6H2,1H3,(H,17,18). The number of anilines is 2. The molecule has 6 heteroatoms. The van der Waals surface area contributed by atoms with Gasteiger partial charge >= 0.3 is 0 Å². The van der Waals surface area contributed by atoms with Crippen LogP contribution in [-0.4, -0.2) is 18.1 Å². The Morgan fingerprint density at radius 3 is 2.89 bits per heavy atom. The summed E-state index contributed by atoms with van der Waals surface area (Å²) in [4.78, 5) is 4.52. The fraction of sp³-hybridized carbons (Fsp3) is 0.308. The quantitative estimate of drug-likeness (QED) is 0.778. The molecule has 3 nitrogen and oxygen atoms in total. The van der Waals surface area contributed by atoms with E-state index in [1.807, 2.05) is 6.07 Å². The molecule has 0 amide bonds. The minimum Gasteiger partial charge on any atom is -0.330 e. The lowest BCUT2D eigenvalue weighted by Gasteiger charge is -2.05. The predicted octanol–water partition coefficient (Wildman–Crippen LogP) is 4.35. The van der Waals surface area contributed by atoms with Crippen molar-refractivity contribution in [1.82, 2.24) is 10.3 Å². The number of halogens is 2. The SMILES string of the molecule is CCNCCc1csc(Nc2ccc(Cl)cc2Cl)n1. The largest absolute Gasteiger partial charge is 0.330 e. The summed E-state index contributed by atoms with van der Waals surface area (Å²) < 4.78 is 0. The normalized spacial score (nSPS) is 10.7. The van der Waals surface area contributed by atoms with Crippen LogP contribution in [0.15, 0.2) is 23.6 Å². The van der Waals surface area contributed by atoms with Gasteiger partial charge in [0.2, 0.25) is 0 Å². The van der Waals surface area contributed by atoms with Crippen LogP contribution in [0.2, 0.25) is 10.0 Å². The number of likely N-dealkylation sites (N-methyl/N-ethyl adjacent to an activating group) is 1. The average molecular weight is 316 g/mol. The predicted molar refractivity (Wildman–Crippen MR) is 84.1 cm³/mol. The Balaban J connectivity index is 1.99. The van der Waals surface area contributed by atoms with Crippen LogP contribution in [0.1, 0.15) is 12.6 Å². The smallest absolute Gasteiger partial charge is 0.187 e. The Labute approximate surface area is 127 Å². The number of hydrogen-bond donors (Lipinski definition) is 2. The minimum absolute atomic E-state index is 0.594. The lowest BCUT2D eigenvalue weighted by Crippen LogP contribution is -2.16. The topological polar surface area (TPSA) is 37.0 Å².